The van der Waals surface area contributed by atoms with Gasteiger partial charge < -0.3 is 10.5 Å². The molecule has 0 aromatic carbocycles. The first-order valence-corrected chi connectivity index (χ1v) is 6.81. The Kier molecular flexibility index (Phi) is 4.62. The maximum Gasteiger partial charge on any atom is 0.0620 e. The van der Waals surface area contributed by atoms with E-state index in [4.69, 9.17) is 10.5 Å². The van der Waals surface area contributed by atoms with Crippen molar-refractivity contribution in [1.82, 2.24) is 4.90 Å². The summed E-state index contributed by atoms with van der Waals surface area (Å²) < 4.78 is 5.41. The molecule has 0 bridgehead atoms. The Labute approximate surface area is 99.3 Å². The maximum atomic E-state index is 5.73. The number of nitrogens with zero attached hydrogens (tertiary/aromatic N) is 1. The molecule has 0 radical (unpaired) electrons. The second-order valence-electron chi connectivity index (χ2n) is 5.32. The molecule has 3 nitrogen and oxygen atoms in total. The summed E-state index contributed by atoms with van der Waals surface area (Å²) in [5.41, 5.74) is 5.73. The highest BCUT2D eigenvalue weighted by Gasteiger charge is 2.38. The van der Waals surface area contributed by atoms with Crippen molar-refractivity contribution >= 4 is 0 Å². The van der Waals surface area contributed by atoms with Crippen LogP contribution >= 0.6 is 0 Å². The zero-order valence-electron chi connectivity index (χ0n) is 10.5. The van der Waals surface area contributed by atoms with Gasteiger partial charge in [0.2, 0.25) is 0 Å². The van der Waals surface area contributed by atoms with Gasteiger partial charge in [0.25, 0.3) is 0 Å². The zero-order chi connectivity index (χ0) is 11.4. The number of likely N-dealkylation sites (tertiary alicyclic amines) is 1. The molecule has 94 valence electrons. The van der Waals surface area contributed by atoms with Crippen molar-refractivity contribution in [2.24, 2.45) is 11.7 Å². The lowest BCUT2D eigenvalue weighted by Crippen LogP contribution is -2.49. The van der Waals surface area contributed by atoms with Gasteiger partial charge in [-0.3, -0.25) is 4.90 Å². The largest absolute Gasteiger partial charge is 0.383 e. The van der Waals surface area contributed by atoms with Crippen LogP contribution in [0.5, 0.6) is 0 Å². The molecule has 1 heterocycles. The minimum atomic E-state index is 0.668. The summed E-state index contributed by atoms with van der Waals surface area (Å²) in [7, 11) is 1.83. The van der Waals surface area contributed by atoms with Gasteiger partial charge in [-0.15, -0.1) is 0 Å². The van der Waals surface area contributed by atoms with E-state index in [9.17, 15) is 0 Å². The average molecular weight is 226 g/mol. The van der Waals surface area contributed by atoms with Crippen LogP contribution in [-0.2, 0) is 4.74 Å². The number of piperidine rings is 1. The fourth-order valence-electron chi connectivity index (χ4n) is 3.12. The Morgan fingerprint density at radius 3 is 2.75 bits per heavy atom. The topological polar surface area (TPSA) is 38.5 Å². The molecule has 0 spiro atoms. The van der Waals surface area contributed by atoms with E-state index in [1.807, 2.05) is 7.11 Å². The maximum absolute atomic E-state index is 5.73. The lowest BCUT2D eigenvalue weighted by Gasteiger charge is -2.41. The van der Waals surface area contributed by atoms with Crippen LogP contribution in [0, 0.1) is 5.92 Å². The van der Waals surface area contributed by atoms with Crippen LogP contribution < -0.4 is 5.73 Å². The van der Waals surface area contributed by atoms with Crippen molar-refractivity contribution in [1.29, 1.82) is 0 Å². The van der Waals surface area contributed by atoms with E-state index in [1.54, 1.807) is 0 Å². The first kappa shape index (κ1) is 12.3. The van der Waals surface area contributed by atoms with Crippen molar-refractivity contribution in [3.63, 3.8) is 0 Å². The highest BCUT2D eigenvalue weighted by Crippen LogP contribution is 2.38. The van der Waals surface area contributed by atoms with Crippen LogP contribution in [0.4, 0.5) is 0 Å². The quantitative estimate of drug-likeness (QED) is 0.748. The molecule has 1 aliphatic heterocycles. The molecule has 16 heavy (non-hydrogen) atoms. The summed E-state index contributed by atoms with van der Waals surface area (Å²) in [6.07, 6.45) is 8.04. The monoisotopic (exact) mass is 226 g/mol. The molecule has 1 saturated heterocycles. The smallest absolute Gasteiger partial charge is 0.0620 e. The number of methoxy groups -OCH3 is 1. The first-order valence-electron chi connectivity index (χ1n) is 6.81. The molecule has 2 aliphatic rings. The van der Waals surface area contributed by atoms with Crippen LogP contribution in [0.2, 0.25) is 0 Å². The second-order valence-corrected chi connectivity index (χ2v) is 5.32. The van der Waals surface area contributed by atoms with Gasteiger partial charge in [-0.1, -0.05) is 6.42 Å². The fraction of sp³-hybridized carbons (Fsp3) is 1.00. The third kappa shape index (κ3) is 2.96. The summed E-state index contributed by atoms with van der Waals surface area (Å²) in [5.74, 6) is 0.901. The molecular weight excluding hydrogens is 200 g/mol. The van der Waals surface area contributed by atoms with E-state index in [0.29, 0.717) is 6.04 Å². The molecule has 1 saturated carbocycles. The van der Waals surface area contributed by atoms with E-state index in [0.717, 1.165) is 31.5 Å². The number of ether oxygens (including phenoxy) is 1. The molecule has 2 unspecified atom stereocenters. The van der Waals surface area contributed by atoms with Crippen molar-refractivity contribution in [2.75, 3.05) is 26.8 Å². The molecule has 1 aliphatic carbocycles. The van der Waals surface area contributed by atoms with E-state index in [2.05, 4.69) is 4.90 Å². The van der Waals surface area contributed by atoms with Crippen LogP contribution in [0.15, 0.2) is 0 Å². The lowest BCUT2D eigenvalue weighted by atomic mass is 9.96. The van der Waals surface area contributed by atoms with Crippen molar-refractivity contribution in [3.05, 3.63) is 0 Å². The summed E-state index contributed by atoms with van der Waals surface area (Å²) in [5, 5.41) is 0. The summed E-state index contributed by atoms with van der Waals surface area (Å²) in [6.45, 7) is 2.99. The Balaban J connectivity index is 1.95. The SMILES string of the molecule is COCC(C1CC1)N1CCCCC1CCN. The minimum Gasteiger partial charge on any atom is -0.383 e. The van der Waals surface area contributed by atoms with Crippen molar-refractivity contribution < 1.29 is 4.74 Å². The third-order valence-corrected chi connectivity index (χ3v) is 4.10. The first-order chi connectivity index (χ1) is 7.86. The Morgan fingerprint density at radius 1 is 1.31 bits per heavy atom. The van der Waals surface area contributed by atoms with Gasteiger partial charge in [0, 0.05) is 19.2 Å². The molecule has 0 aromatic rings. The highest BCUT2D eigenvalue weighted by atomic mass is 16.5. The van der Waals surface area contributed by atoms with Gasteiger partial charge in [-0.25, -0.2) is 0 Å². The molecule has 3 heteroatoms. The number of hydrogen-bond acceptors (Lipinski definition) is 3. The predicted molar refractivity (Wildman–Crippen MR) is 66.4 cm³/mol. The number of nitrogens with two attached hydrogens (primary N) is 1. The normalized spacial score (nSPS) is 29.2. The van der Waals surface area contributed by atoms with Crippen molar-refractivity contribution in [2.45, 2.75) is 50.6 Å². The molecule has 2 rings (SSSR count). The van der Waals surface area contributed by atoms with Crippen LogP contribution in [0.1, 0.15) is 38.5 Å². The van der Waals surface area contributed by atoms with Gasteiger partial charge in [0.1, 0.15) is 0 Å². The minimum absolute atomic E-state index is 0.668. The van der Waals surface area contributed by atoms with Gasteiger partial charge in [0.05, 0.1) is 6.61 Å². The van der Waals surface area contributed by atoms with Crippen LogP contribution in [0.3, 0.4) is 0 Å². The standard InChI is InChI=1S/C13H26N2O/c1-16-10-13(11-5-6-11)15-9-3-2-4-12(15)7-8-14/h11-13H,2-10,14H2,1H3. The van der Waals surface area contributed by atoms with Crippen LogP contribution in [0.25, 0.3) is 0 Å². The summed E-state index contributed by atoms with van der Waals surface area (Å²) >= 11 is 0. The van der Waals surface area contributed by atoms with E-state index in [1.165, 1.54) is 38.6 Å². The summed E-state index contributed by atoms with van der Waals surface area (Å²) in [6, 6.07) is 1.39. The zero-order valence-corrected chi connectivity index (χ0v) is 10.5. The van der Waals surface area contributed by atoms with Gasteiger partial charge in [-0.2, -0.15) is 0 Å². The van der Waals surface area contributed by atoms with Crippen LogP contribution in [-0.4, -0.2) is 43.8 Å². The number of hydrogen-bond donors (Lipinski definition) is 1. The predicted octanol–water partition coefficient (Wildman–Crippen LogP) is 1.61. The molecular formula is C13H26N2O. The molecule has 2 fully saturated rings. The molecule has 0 aromatic heterocycles. The summed E-state index contributed by atoms with van der Waals surface area (Å²) in [4.78, 5) is 2.71. The molecule has 2 N–H and O–H groups in total. The molecule has 2 atom stereocenters. The average Bonchev–Trinajstić information content (AvgIpc) is 3.11. The van der Waals surface area contributed by atoms with E-state index >= 15 is 0 Å². The van der Waals surface area contributed by atoms with E-state index < -0.39 is 0 Å². The number of rotatable bonds is 6. The lowest BCUT2D eigenvalue weighted by molar-refractivity contribution is 0.0274. The van der Waals surface area contributed by atoms with E-state index in [-0.39, 0.29) is 0 Å². The Morgan fingerprint density at radius 2 is 2.12 bits per heavy atom. The highest BCUT2D eigenvalue weighted by molar-refractivity contribution is 4.92. The van der Waals surface area contributed by atoms with Gasteiger partial charge >= 0.3 is 0 Å². The molecule has 0 amide bonds. The van der Waals surface area contributed by atoms with Gasteiger partial charge in [0.15, 0.2) is 0 Å². The van der Waals surface area contributed by atoms with Crippen molar-refractivity contribution in [3.8, 4) is 0 Å². The Hall–Kier alpha value is -0.120. The fourth-order valence-corrected chi connectivity index (χ4v) is 3.12. The van der Waals surface area contributed by atoms with Gasteiger partial charge in [-0.05, 0) is 51.1 Å². The Bertz CT molecular complexity index is 204. The third-order valence-electron chi connectivity index (χ3n) is 4.10. The second kappa shape index (κ2) is 5.99.